The van der Waals surface area contributed by atoms with Crippen LogP contribution in [-0.2, 0) is 9.47 Å². The smallest absolute Gasteiger partial charge is 0.0951 e. The van der Waals surface area contributed by atoms with Crippen LogP contribution >= 0.6 is 0 Å². The van der Waals surface area contributed by atoms with E-state index in [4.69, 9.17) is 9.47 Å². The Labute approximate surface area is 91.5 Å². The Morgan fingerprint density at radius 1 is 1.20 bits per heavy atom. The molecule has 3 heteroatoms. The van der Waals surface area contributed by atoms with E-state index in [0.717, 1.165) is 39.1 Å². The lowest BCUT2D eigenvalue weighted by atomic mass is 9.89. The maximum absolute atomic E-state index is 5.93. The van der Waals surface area contributed by atoms with Crippen molar-refractivity contribution in [2.24, 2.45) is 0 Å². The van der Waals surface area contributed by atoms with Gasteiger partial charge >= 0.3 is 0 Å². The topological polar surface area (TPSA) is 30.5 Å². The van der Waals surface area contributed by atoms with Crippen molar-refractivity contribution in [2.45, 2.75) is 56.2 Å². The molecule has 3 nitrogen and oxygen atoms in total. The van der Waals surface area contributed by atoms with Crippen LogP contribution in [0.15, 0.2) is 0 Å². The Morgan fingerprint density at radius 3 is 2.73 bits per heavy atom. The lowest BCUT2D eigenvalue weighted by Gasteiger charge is -2.38. The average molecular weight is 211 g/mol. The van der Waals surface area contributed by atoms with Gasteiger partial charge in [-0.2, -0.15) is 0 Å². The normalized spacial score (nSPS) is 43.4. The monoisotopic (exact) mass is 211 g/mol. The summed E-state index contributed by atoms with van der Waals surface area (Å²) >= 11 is 0. The SMILES string of the molecule is CC1(NC2CCOC3(CCOC3)C2)CC1. The van der Waals surface area contributed by atoms with Gasteiger partial charge in [0.15, 0.2) is 0 Å². The zero-order valence-corrected chi connectivity index (χ0v) is 9.55. The van der Waals surface area contributed by atoms with Crippen molar-refractivity contribution in [1.82, 2.24) is 5.32 Å². The van der Waals surface area contributed by atoms with Crippen LogP contribution in [0.3, 0.4) is 0 Å². The van der Waals surface area contributed by atoms with Gasteiger partial charge in [0, 0.05) is 31.2 Å². The zero-order valence-electron chi connectivity index (χ0n) is 9.55. The van der Waals surface area contributed by atoms with E-state index >= 15 is 0 Å². The molecule has 3 aliphatic rings. The van der Waals surface area contributed by atoms with Gasteiger partial charge in [0.1, 0.15) is 0 Å². The molecule has 0 radical (unpaired) electrons. The predicted octanol–water partition coefficient (Wildman–Crippen LogP) is 1.47. The molecule has 3 rings (SSSR count). The molecule has 2 atom stereocenters. The third kappa shape index (κ3) is 2.05. The molecule has 2 aliphatic heterocycles. The predicted molar refractivity (Wildman–Crippen MR) is 57.9 cm³/mol. The van der Waals surface area contributed by atoms with Crippen molar-refractivity contribution in [1.29, 1.82) is 0 Å². The number of ether oxygens (including phenoxy) is 2. The molecule has 0 bridgehead atoms. The lowest BCUT2D eigenvalue weighted by molar-refractivity contribution is -0.0905. The van der Waals surface area contributed by atoms with Gasteiger partial charge in [-0.05, 0) is 32.6 Å². The van der Waals surface area contributed by atoms with Crippen LogP contribution in [-0.4, -0.2) is 37.0 Å². The molecular weight excluding hydrogens is 190 g/mol. The highest BCUT2D eigenvalue weighted by Crippen LogP contribution is 2.38. The molecule has 0 amide bonds. The molecule has 1 spiro atoms. The summed E-state index contributed by atoms with van der Waals surface area (Å²) in [5.74, 6) is 0. The molecule has 0 aromatic carbocycles. The zero-order chi connectivity index (χ0) is 10.4. The third-order valence-corrected chi connectivity index (χ3v) is 4.11. The van der Waals surface area contributed by atoms with E-state index in [1.807, 2.05) is 0 Å². The molecule has 1 saturated carbocycles. The van der Waals surface area contributed by atoms with Gasteiger partial charge in [-0.25, -0.2) is 0 Å². The van der Waals surface area contributed by atoms with Crippen LogP contribution in [0.4, 0.5) is 0 Å². The minimum atomic E-state index is 0.0567. The number of rotatable bonds is 2. The second-order valence-electron chi connectivity index (χ2n) is 5.73. The summed E-state index contributed by atoms with van der Waals surface area (Å²) in [7, 11) is 0. The minimum Gasteiger partial charge on any atom is -0.378 e. The van der Waals surface area contributed by atoms with E-state index in [9.17, 15) is 0 Å². The average Bonchev–Trinajstić information content (AvgIpc) is 2.76. The molecule has 2 unspecified atom stereocenters. The van der Waals surface area contributed by atoms with Crippen molar-refractivity contribution in [3.05, 3.63) is 0 Å². The Hall–Kier alpha value is -0.120. The van der Waals surface area contributed by atoms with Crippen LogP contribution < -0.4 is 5.32 Å². The van der Waals surface area contributed by atoms with Crippen LogP contribution in [0.2, 0.25) is 0 Å². The fraction of sp³-hybridized carbons (Fsp3) is 1.00. The van der Waals surface area contributed by atoms with Gasteiger partial charge in [-0.3, -0.25) is 0 Å². The first-order valence-corrected chi connectivity index (χ1v) is 6.19. The third-order valence-electron chi connectivity index (χ3n) is 4.11. The van der Waals surface area contributed by atoms with E-state index in [2.05, 4.69) is 12.2 Å². The van der Waals surface area contributed by atoms with Crippen LogP contribution in [0, 0.1) is 0 Å². The molecule has 2 heterocycles. The number of hydrogen-bond donors (Lipinski definition) is 1. The summed E-state index contributed by atoms with van der Waals surface area (Å²) < 4.78 is 11.4. The van der Waals surface area contributed by atoms with E-state index in [0.29, 0.717) is 11.6 Å². The molecule has 0 aromatic heterocycles. The first-order chi connectivity index (χ1) is 7.20. The molecule has 1 aliphatic carbocycles. The molecule has 3 fully saturated rings. The highest BCUT2D eigenvalue weighted by molar-refractivity contribution is 5.02. The summed E-state index contributed by atoms with van der Waals surface area (Å²) in [4.78, 5) is 0. The molecular formula is C12H21NO2. The first kappa shape index (κ1) is 10.1. The first-order valence-electron chi connectivity index (χ1n) is 6.19. The highest BCUT2D eigenvalue weighted by Gasteiger charge is 2.45. The lowest BCUT2D eigenvalue weighted by Crippen LogP contribution is -2.50. The quantitative estimate of drug-likeness (QED) is 0.750. The number of hydrogen-bond acceptors (Lipinski definition) is 3. The van der Waals surface area contributed by atoms with Gasteiger partial charge in [0.25, 0.3) is 0 Å². The van der Waals surface area contributed by atoms with E-state index in [1.165, 1.54) is 12.8 Å². The van der Waals surface area contributed by atoms with E-state index < -0.39 is 0 Å². The van der Waals surface area contributed by atoms with Crippen molar-refractivity contribution < 1.29 is 9.47 Å². The van der Waals surface area contributed by atoms with Crippen molar-refractivity contribution >= 4 is 0 Å². The Balaban J connectivity index is 1.60. The standard InChI is InChI=1S/C12H21NO2/c1-11(3-4-11)13-10-2-6-15-12(8-10)5-7-14-9-12/h10,13H,2-9H2,1H3. The van der Waals surface area contributed by atoms with E-state index in [1.54, 1.807) is 0 Å². The summed E-state index contributed by atoms with van der Waals surface area (Å²) in [6.45, 7) is 4.92. The number of nitrogens with one attached hydrogen (secondary N) is 1. The fourth-order valence-electron chi connectivity index (χ4n) is 2.84. The highest BCUT2D eigenvalue weighted by atomic mass is 16.6. The summed E-state index contributed by atoms with van der Waals surface area (Å²) in [5.41, 5.74) is 0.504. The van der Waals surface area contributed by atoms with Crippen molar-refractivity contribution in [3.63, 3.8) is 0 Å². The van der Waals surface area contributed by atoms with Crippen LogP contribution in [0.5, 0.6) is 0 Å². The summed E-state index contributed by atoms with van der Waals surface area (Å²) in [6.07, 6.45) is 6.07. The molecule has 2 saturated heterocycles. The summed E-state index contributed by atoms with van der Waals surface area (Å²) in [6, 6.07) is 0.646. The van der Waals surface area contributed by atoms with Gasteiger partial charge in [0.05, 0.1) is 12.2 Å². The Bertz CT molecular complexity index is 244. The van der Waals surface area contributed by atoms with E-state index in [-0.39, 0.29) is 5.60 Å². The second-order valence-corrected chi connectivity index (χ2v) is 5.73. The van der Waals surface area contributed by atoms with Crippen LogP contribution in [0.25, 0.3) is 0 Å². The Morgan fingerprint density at radius 2 is 2.07 bits per heavy atom. The Kier molecular flexibility index (Phi) is 2.31. The van der Waals surface area contributed by atoms with Gasteiger partial charge in [0.2, 0.25) is 0 Å². The summed E-state index contributed by atoms with van der Waals surface area (Å²) in [5, 5.41) is 3.78. The van der Waals surface area contributed by atoms with Gasteiger partial charge in [-0.15, -0.1) is 0 Å². The van der Waals surface area contributed by atoms with Crippen molar-refractivity contribution in [3.8, 4) is 0 Å². The maximum Gasteiger partial charge on any atom is 0.0951 e. The van der Waals surface area contributed by atoms with Crippen molar-refractivity contribution in [2.75, 3.05) is 19.8 Å². The van der Waals surface area contributed by atoms with Gasteiger partial charge in [-0.1, -0.05) is 0 Å². The molecule has 15 heavy (non-hydrogen) atoms. The largest absolute Gasteiger partial charge is 0.378 e. The molecule has 0 aromatic rings. The van der Waals surface area contributed by atoms with Gasteiger partial charge < -0.3 is 14.8 Å². The molecule has 1 N–H and O–H groups in total. The second kappa shape index (κ2) is 3.44. The minimum absolute atomic E-state index is 0.0567. The maximum atomic E-state index is 5.93. The molecule has 86 valence electrons. The van der Waals surface area contributed by atoms with Crippen LogP contribution in [0.1, 0.15) is 39.0 Å². The fourth-order valence-corrected chi connectivity index (χ4v) is 2.84.